The second kappa shape index (κ2) is 11.6. The summed E-state index contributed by atoms with van der Waals surface area (Å²) in [5, 5.41) is 0.602. The maximum atomic E-state index is 13.0. The van der Waals surface area contributed by atoms with Crippen LogP contribution in [0.15, 0.2) is 60.8 Å². The molecule has 2 aliphatic rings. The molecule has 2 saturated heterocycles. The molecule has 0 bridgehead atoms. The van der Waals surface area contributed by atoms with Gasteiger partial charge in [-0.3, -0.25) is 14.8 Å². The summed E-state index contributed by atoms with van der Waals surface area (Å²) in [4.78, 5) is 36.4. The molecule has 1 spiro atoms. The van der Waals surface area contributed by atoms with Gasteiger partial charge in [0.25, 0.3) is 0 Å². The first kappa shape index (κ1) is 28.3. The first-order valence-corrected chi connectivity index (χ1v) is 12.5. The minimum Gasteiger partial charge on any atom is -0.441 e. The molecule has 2 aromatic carbocycles. The molecule has 0 N–H and O–H groups in total. The number of amides is 1. The third-order valence-corrected chi connectivity index (χ3v) is 7.36. The SMILES string of the molecule is Cc1cc(-c2ccc(C(F)(F)F)nc2)c(CN2CCC3(CC2)CN(c2ccccc2)C(=O)O3)cc1Cl.O=C=O. The summed E-state index contributed by atoms with van der Waals surface area (Å²) >= 11 is 6.42. The molecule has 0 aliphatic carbocycles. The number of piperidine rings is 1. The van der Waals surface area contributed by atoms with E-state index in [-0.39, 0.29) is 12.2 Å². The molecular formula is C28H25ClF3N3O4. The summed E-state index contributed by atoms with van der Waals surface area (Å²) in [5.74, 6) is 0. The summed E-state index contributed by atoms with van der Waals surface area (Å²) in [6.45, 7) is 4.38. The van der Waals surface area contributed by atoms with Crippen molar-refractivity contribution >= 4 is 29.5 Å². The van der Waals surface area contributed by atoms with Crippen LogP contribution in [0.25, 0.3) is 11.1 Å². The molecule has 11 heteroatoms. The fourth-order valence-corrected chi connectivity index (χ4v) is 5.08. The summed E-state index contributed by atoms with van der Waals surface area (Å²) in [7, 11) is 0. The van der Waals surface area contributed by atoms with Crippen LogP contribution in [-0.4, -0.2) is 47.4 Å². The van der Waals surface area contributed by atoms with Crippen LogP contribution in [0.3, 0.4) is 0 Å². The third-order valence-electron chi connectivity index (χ3n) is 6.95. The fraction of sp³-hybridized carbons (Fsp3) is 0.321. The number of alkyl halides is 3. The first-order chi connectivity index (χ1) is 18.5. The number of hydrogen-bond donors (Lipinski definition) is 0. The molecule has 39 heavy (non-hydrogen) atoms. The quantitative estimate of drug-likeness (QED) is 0.382. The van der Waals surface area contributed by atoms with Gasteiger partial charge in [-0.2, -0.15) is 22.8 Å². The Bertz CT molecular complexity index is 1350. The van der Waals surface area contributed by atoms with Gasteiger partial charge >= 0.3 is 18.4 Å². The molecule has 3 heterocycles. The monoisotopic (exact) mass is 559 g/mol. The van der Waals surface area contributed by atoms with Gasteiger partial charge in [0.2, 0.25) is 0 Å². The van der Waals surface area contributed by atoms with E-state index in [9.17, 15) is 18.0 Å². The van der Waals surface area contributed by atoms with Crippen molar-refractivity contribution in [2.75, 3.05) is 24.5 Å². The number of anilines is 1. The standard InChI is InChI=1S/C27H25ClF3N3O2.CO2/c1-18-13-22(19-7-8-24(32-15-19)27(29,30)31)20(14-23(18)28)16-33-11-9-26(10-12-33)17-34(25(35)36-26)21-5-3-2-4-6-21;2-1-3/h2-8,13-15H,9-12,16-17H2,1H3;. The number of halogens is 4. The van der Waals surface area contributed by atoms with Crippen LogP contribution in [-0.2, 0) is 27.0 Å². The highest BCUT2D eigenvalue weighted by molar-refractivity contribution is 6.31. The fourth-order valence-electron chi connectivity index (χ4n) is 4.89. The maximum absolute atomic E-state index is 13.0. The van der Waals surface area contributed by atoms with Gasteiger partial charge in [0.15, 0.2) is 0 Å². The van der Waals surface area contributed by atoms with Gasteiger partial charge in [-0.15, -0.1) is 0 Å². The summed E-state index contributed by atoms with van der Waals surface area (Å²) in [6.07, 6.45) is -1.91. The molecule has 1 amide bonds. The lowest BCUT2D eigenvalue weighted by atomic mass is 9.90. The zero-order valence-corrected chi connectivity index (χ0v) is 21.8. The number of para-hydroxylation sites is 1. The van der Waals surface area contributed by atoms with E-state index in [0.29, 0.717) is 49.6 Å². The van der Waals surface area contributed by atoms with E-state index in [1.165, 1.54) is 12.3 Å². The van der Waals surface area contributed by atoms with Gasteiger partial charge in [0.05, 0.1) is 6.54 Å². The van der Waals surface area contributed by atoms with Crippen LogP contribution in [0.1, 0.15) is 29.7 Å². The summed E-state index contributed by atoms with van der Waals surface area (Å²) in [5.41, 5.74) is 2.55. The van der Waals surface area contributed by atoms with E-state index in [0.717, 1.165) is 28.4 Å². The lowest BCUT2D eigenvalue weighted by Crippen LogP contribution is -2.46. The molecule has 0 radical (unpaired) electrons. The van der Waals surface area contributed by atoms with Gasteiger partial charge in [0.1, 0.15) is 11.3 Å². The van der Waals surface area contributed by atoms with Crippen LogP contribution in [0.4, 0.5) is 23.7 Å². The minimum absolute atomic E-state index is 0.250. The zero-order valence-electron chi connectivity index (χ0n) is 21.0. The molecule has 2 aliphatic heterocycles. The Labute approximate surface area is 228 Å². The number of benzene rings is 2. The van der Waals surface area contributed by atoms with Crippen LogP contribution < -0.4 is 4.90 Å². The van der Waals surface area contributed by atoms with Crippen molar-refractivity contribution < 1.29 is 32.3 Å². The number of nitrogens with zero attached hydrogens (tertiary/aromatic N) is 3. The van der Waals surface area contributed by atoms with Crippen molar-refractivity contribution in [3.8, 4) is 11.1 Å². The van der Waals surface area contributed by atoms with Crippen molar-refractivity contribution in [2.45, 2.75) is 38.1 Å². The Morgan fingerprint density at radius 1 is 1.08 bits per heavy atom. The topological polar surface area (TPSA) is 79.8 Å². The van der Waals surface area contributed by atoms with Gasteiger partial charge in [-0.05, 0) is 53.9 Å². The normalized spacial score (nSPS) is 16.8. The van der Waals surface area contributed by atoms with Gasteiger partial charge in [-0.1, -0.05) is 35.9 Å². The Balaban J connectivity index is 0.00000112. The molecule has 0 unspecified atom stereocenters. The molecule has 2 fully saturated rings. The molecular weight excluding hydrogens is 535 g/mol. The van der Waals surface area contributed by atoms with E-state index in [1.807, 2.05) is 49.4 Å². The van der Waals surface area contributed by atoms with Crippen molar-refractivity contribution in [1.82, 2.24) is 9.88 Å². The molecule has 7 nitrogen and oxygen atoms in total. The van der Waals surface area contributed by atoms with Crippen LogP contribution in [0, 0.1) is 6.92 Å². The number of ether oxygens (including phenoxy) is 1. The maximum Gasteiger partial charge on any atom is 0.433 e. The predicted molar refractivity (Wildman–Crippen MR) is 137 cm³/mol. The Hall–Kier alpha value is -3.72. The van der Waals surface area contributed by atoms with Crippen molar-refractivity contribution in [3.63, 3.8) is 0 Å². The highest BCUT2D eigenvalue weighted by Crippen LogP contribution is 2.37. The van der Waals surface area contributed by atoms with Gasteiger partial charge in [0, 0.05) is 54.9 Å². The van der Waals surface area contributed by atoms with Crippen molar-refractivity contribution in [2.24, 2.45) is 0 Å². The molecule has 0 atom stereocenters. The Morgan fingerprint density at radius 2 is 1.74 bits per heavy atom. The number of aryl methyl sites for hydroxylation is 1. The summed E-state index contributed by atoms with van der Waals surface area (Å²) < 4.78 is 44.8. The lowest BCUT2D eigenvalue weighted by Gasteiger charge is -2.37. The number of carbonyl (C=O) groups is 1. The highest BCUT2D eigenvalue weighted by atomic mass is 35.5. The van der Waals surface area contributed by atoms with Crippen molar-refractivity contribution in [1.29, 1.82) is 0 Å². The summed E-state index contributed by atoms with van der Waals surface area (Å²) in [6, 6.07) is 15.7. The van der Waals surface area contributed by atoms with Crippen LogP contribution in [0.2, 0.25) is 5.02 Å². The Kier molecular flexibility index (Phi) is 8.39. The van der Waals surface area contributed by atoms with E-state index >= 15 is 0 Å². The van der Waals surface area contributed by atoms with Gasteiger partial charge in [-0.25, -0.2) is 4.79 Å². The van der Waals surface area contributed by atoms with Crippen LogP contribution >= 0.6 is 11.6 Å². The smallest absolute Gasteiger partial charge is 0.433 e. The minimum atomic E-state index is -4.49. The predicted octanol–water partition coefficient (Wildman–Crippen LogP) is 6.14. The highest BCUT2D eigenvalue weighted by Gasteiger charge is 2.47. The molecule has 0 saturated carbocycles. The first-order valence-electron chi connectivity index (χ1n) is 12.1. The van der Waals surface area contributed by atoms with E-state index in [1.54, 1.807) is 4.90 Å². The number of likely N-dealkylation sites (tertiary alicyclic amines) is 1. The van der Waals surface area contributed by atoms with E-state index in [4.69, 9.17) is 25.9 Å². The second-order valence-electron chi connectivity index (χ2n) is 9.52. The average molecular weight is 560 g/mol. The largest absolute Gasteiger partial charge is 0.441 e. The number of carbonyl (C=O) groups excluding carboxylic acids is 3. The number of pyridine rings is 1. The van der Waals surface area contributed by atoms with E-state index in [2.05, 4.69) is 9.88 Å². The molecule has 204 valence electrons. The van der Waals surface area contributed by atoms with Crippen LogP contribution in [0.5, 0.6) is 0 Å². The molecule has 3 aromatic rings. The lowest BCUT2D eigenvalue weighted by molar-refractivity contribution is -0.191. The number of aromatic nitrogens is 1. The molecule has 5 rings (SSSR count). The average Bonchev–Trinajstić information content (AvgIpc) is 3.23. The number of rotatable bonds is 4. The second-order valence-corrected chi connectivity index (χ2v) is 9.93. The van der Waals surface area contributed by atoms with E-state index < -0.39 is 17.5 Å². The Morgan fingerprint density at radius 3 is 2.33 bits per heavy atom. The zero-order chi connectivity index (χ0) is 28.2. The van der Waals surface area contributed by atoms with Crippen molar-refractivity contribution in [3.05, 3.63) is 82.6 Å². The molecule has 1 aromatic heterocycles. The van der Waals surface area contributed by atoms with Gasteiger partial charge < -0.3 is 4.74 Å². The number of hydrogen-bond acceptors (Lipinski definition) is 6. The third kappa shape index (κ3) is 6.47.